The number of alkyl halides is 3. The first kappa shape index (κ1) is 37.0. The number of aromatic nitrogens is 1. The van der Waals surface area contributed by atoms with Gasteiger partial charge in [0, 0.05) is 18.0 Å². The number of benzene rings is 2. The third-order valence-corrected chi connectivity index (χ3v) is 12.9. The highest BCUT2D eigenvalue weighted by Crippen LogP contribution is 2.46. The van der Waals surface area contributed by atoms with Crippen molar-refractivity contribution in [3.05, 3.63) is 60.2 Å². The van der Waals surface area contributed by atoms with Gasteiger partial charge in [-0.25, -0.2) is 13.4 Å². The SMILES string of the molecule is COc1ccc2nc(O[C@@H]3C[C@H]4C(=O)N[C@]5(C(=O)NS(=O)(=O)C6CC6)C[C@H]5/C=C\CCCCC[C@H](Nc5cccc(C(F)(F)F)c5)C(=O)N4C3)sc2c1. The van der Waals surface area contributed by atoms with E-state index in [9.17, 15) is 36.0 Å². The van der Waals surface area contributed by atoms with Gasteiger partial charge >= 0.3 is 6.18 Å². The molecule has 3 heterocycles. The summed E-state index contributed by atoms with van der Waals surface area (Å²) in [5, 5.41) is 5.49. The summed E-state index contributed by atoms with van der Waals surface area (Å²) in [4.78, 5) is 48.3. The lowest BCUT2D eigenvalue weighted by atomic mass is 10.0. The third-order valence-electron chi connectivity index (χ3n) is 10.2. The molecule has 0 unspecified atom stereocenters. The lowest BCUT2D eigenvalue weighted by Gasteiger charge is -2.30. The quantitative estimate of drug-likeness (QED) is 0.264. The standard InChI is InChI=1S/C36H40F3N5O7S2/c1-50-24-12-15-27-30(18-24)52-34(41-27)51-25-17-29-31(45)42-35(33(47)43-53(48,49)26-13-14-26)19-22(35)8-5-3-2-4-6-11-28(32(46)44(29)20-25)40-23-10-7-9-21(16-23)36(37,38)39/h5,7-10,12,15-16,18,22,25-26,28-29,40H,2-4,6,11,13-14,17,19-20H2,1H3,(H,42,45)(H,43,47)/b8-5-/t22-,25-,28+,29+,35-/m1/s1. The van der Waals surface area contributed by atoms with Gasteiger partial charge in [0.05, 0.1) is 34.7 Å². The molecule has 7 rings (SSSR count). The van der Waals surface area contributed by atoms with Crippen molar-refractivity contribution >= 4 is 55.0 Å². The molecule has 5 atom stereocenters. The van der Waals surface area contributed by atoms with Crippen LogP contribution < -0.4 is 24.8 Å². The fourth-order valence-corrected chi connectivity index (χ4v) is 9.31. The van der Waals surface area contributed by atoms with Crippen LogP contribution in [0.2, 0.25) is 0 Å². The zero-order chi connectivity index (χ0) is 37.5. The molecule has 2 aliphatic carbocycles. The van der Waals surface area contributed by atoms with Gasteiger partial charge in [-0.2, -0.15) is 13.2 Å². The molecule has 3 N–H and O–H groups in total. The van der Waals surface area contributed by atoms with Crippen molar-refractivity contribution in [2.45, 2.75) is 92.9 Å². The monoisotopic (exact) mass is 775 g/mol. The van der Waals surface area contributed by atoms with Crippen LogP contribution in [0.4, 0.5) is 18.9 Å². The number of nitrogens with one attached hydrogen (secondary N) is 3. The van der Waals surface area contributed by atoms with Crippen molar-refractivity contribution < 1.29 is 45.4 Å². The lowest BCUT2D eigenvalue weighted by Crippen LogP contribution is -2.57. The molecule has 12 nitrogen and oxygen atoms in total. The summed E-state index contributed by atoms with van der Waals surface area (Å²) in [6.45, 7) is -0.0461. The molecule has 1 saturated heterocycles. The number of thiazole rings is 1. The molecule has 2 aliphatic heterocycles. The Labute approximate surface area is 308 Å². The summed E-state index contributed by atoms with van der Waals surface area (Å²) in [7, 11) is -2.37. The average Bonchev–Trinajstić information content (AvgIpc) is 4.01. The number of amides is 3. The van der Waals surface area contributed by atoms with Gasteiger partial charge in [-0.15, -0.1) is 0 Å². The average molecular weight is 776 g/mol. The lowest BCUT2D eigenvalue weighted by molar-refractivity contribution is -0.140. The number of hydrogen-bond donors (Lipinski definition) is 3. The second kappa shape index (κ2) is 14.5. The van der Waals surface area contributed by atoms with Crippen LogP contribution in [-0.4, -0.2) is 78.7 Å². The van der Waals surface area contributed by atoms with Crippen molar-refractivity contribution in [3.8, 4) is 10.9 Å². The molecular formula is C36H40F3N5O7S2. The van der Waals surface area contributed by atoms with Crippen LogP contribution in [0, 0.1) is 5.92 Å². The van der Waals surface area contributed by atoms with E-state index in [4.69, 9.17) is 9.47 Å². The zero-order valence-corrected chi connectivity index (χ0v) is 30.5. The molecule has 2 aromatic carbocycles. The van der Waals surface area contributed by atoms with Crippen molar-refractivity contribution in [2.24, 2.45) is 5.92 Å². The first-order valence-corrected chi connectivity index (χ1v) is 20.0. The Balaban J connectivity index is 1.19. The number of sulfonamides is 1. The molecule has 4 aliphatic rings. The minimum absolute atomic E-state index is 0.0195. The summed E-state index contributed by atoms with van der Waals surface area (Å²) in [6, 6.07) is 7.84. The molecule has 1 aromatic heterocycles. The van der Waals surface area contributed by atoms with Gasteiger partial charge in [-0.3, -0.25) is 19.1 Å². The Morgan fingerprint density at radius 1 is 1.09 bits per heavy atom. The van der Waals surface area contributed by atoms with Gasteiger partial charge in [-0.1, -0.05) is 42.4 Å². The number of allylic oxidation sites excluding steroid dienone is 1. The maximum absolute atomic E-state index is 14.5. The number of hydrogen-bond acceptors (Lipinski definition) is 10. The van der Waals surface area contributed by atoms with Gasteiger partial charge in [0.15, 0.2) is 0 Å². The molecular weight excluding hydrogens is 736 g/mol. The minimum atomic E-state index is -4.59. The van der Waals surface area contributed by atoms with E-state index in [1.807, 2.05) is 18.2 Å². The fraction of sp³-hybridized carbons (Fsp3) is 0.500. The number of carbonyl (C=O) groups is 3. The molecule has 3 amide bonds. The van der Waals surface area contributed by atoms with E-state index in [1.54, 1.807) is 19.2 Å². The third kappa shape index (κ3) is 8.10. The first-order valence-electron chi connectivity index (χ1n) is 17.7. The smallest absolute Gasteiger partial charge is 0.416 e. The van der Waals surface area contributed by atoms with E-state index in [1.165, 1.54) is 28.4 Å². The van der Waals surface area contributed by atoms with Crippen LogP contribution in [-0.2, 0) is 30.6 Å². The van der Waals surface area contributed by atoms with Crippen LogP contribution in [0.1, 0.15) is 63.4 Å². The Morgan fingerprint density at radius 3 is 2.66 bits per heavy atom. The van der Waals surface area contributed by atoms with Crippen LogP contribution in [0.25, 0.3) is 10.2 Å². The molecule has 3 fully saturated rings. The first-order chi connectivity index (χ1) is 25.3. The summed E-state index contributed by atoms with van der Waals surface area (Å²) >= 11 is 1.27. The number of halogens is 3. The van der Waals surface area contributed by atoms with E-state index in [0.717, 1.165) is 23.3 Å². The zero-order valence-electron chi connectivity index (χ0n) is 28.9. The van der Waals surface area contributed by atoms with E-state index in [2.05, 4.69) is 20.3 Å². The molecule has 0 bridgehead atoms. The molecule has 3 aromatic rings. The predicted octanol–water partition coefficient (Wildman–Crippen LogP) is 5.16. The van der Waals surface area contributed by atoms with Crippen molar-refractivity contribution in [1.82, 2.24) is 19.9 Å². The van der Waals surface area contributed by atoms with E-state index < -0.39 is 74.4 Å². The number of rotatable bonds is 8. The highest BCUT2D eigenvalue weighted by atomic mass is 32.2. The van der Waals surface area contributed by atoms with E-state index in [-0.39, 0.29) is 31.5 Å². The molecule has 53 heavy (non-hydrogen) atoms. The Hall–Kier alpha value is -4.38. The van der Waals surface area contributed by atoms with Crippen molar-refractivity contribution in [3.63, 3.8) is 0 Å². The summed E-state index contributed by atoms with van der Waals surface area (Å²) in [6.07, 6.45) is 2.48. The van der Waals surface area contributed by atoms with Crippen molar-refractivity contribution in [1.29, 1.82) is 0 Å². The molecule has 2 saturated carbocycles. The van der Waals surface area contributed by atoms with Crippen LogP contribution in [0.15, 0.2) is 54.6 Å². The number of ether oxygens (including phenoxy) is 2. The Kier molecular flexibility index (Phi) is 10.1. The van der Waals surface area contributed by atoms with Gasteiger partial charge in [-0.05, 0) is 74.9 Å². The Bertz CT molecular complexity index is 2040. The van der Waals surface area contributed by atoms with Gasteiger partial charge in [0.1, 0.15) is 29.5 Å². The Morgan fingerprint density at radius 2 is 1.91 bits per heavy atom. The predicted molar refractivity (Wildman–Crippen MR) is 191 cm³/mol. The van der Waals surface area contributed by atoms with Gasteiger partial charge < -0.3 is 25.0 Å². The van der Waals surface area contributed by atoms with Crippen molar-refractivity contribution in [2.75, 3.05) is 19.0 Å². The highest BCUT2D eigenvalue weighted by molar-refractivity contribution is 7.91. The largest absolute Gasteiger partial charge is 0.497 e. The number of carbonyl (C=O) groups excluding carboxylic acids is 3. The summed E-state index contributed by atoms with van der Waals surface area (Å²) in [5.41, 5.74) is -1.64. The van der Waals surface area contributed by atoms with Gasteiger partial charge in [0.25, 0.3) is 11.1 Å². The molecule has 284 valence electrons. The van der Waals surface area contributed by atoms with Gasteiger partial charge in [0.2, 0.25) is 21.8 Å². The maximum Gasteiger partial charge on any atom is 0.416 e. The summed E-state index contributed by atoms with van der Waals surface area (Å²) in [5.74, 6) is -1.83. The normalized spacial score (nSPS) is 27.4. The number of methoxy groups -OCH3 is 1. The second-order valence-corrected chi connectivity index (χ2v) is 17.0. The molecule has 0 spiro atoms. The fourth-order valence-electron chi connectivity index (χ4n) is 7.04. The molecule has 0 radical (unpaired) electrons. The van der Waals surface area contributed by atoms with E-state index >= 15 is 0 Å². The number of nitrogens with zero attached hydrogens (tertiary/aromatic N) is 2. The second-order valence-electron chi connectivity index (χ2n) is 14.1. The summed E-state index contributed by atoms with van der Waals surface area (Å²) < 4.78 is 80.9. The molecule has 17 heteroatoms. The van der Waals surface area contributed by atoms with Crippen LogP contribution in [0.3, 0.4) is 0 Å². The minimum Gasteiger partial charge on any atom is -0.497 e. The van der Waals surface area contributed by atoms with Crippen LogP contribution >= 0.6 is 11.3 Å². The topological polar surface area (TPSA) is 156 Å². The van der Waals surface area contributed by atoms with Crippen LogP contribution in [0.5, 0.6) is 10.9 Å². The number of fused-ring (bicyclic) bond motifs is 3. The number of anilines is 1. The highest BCUT2D eigenvalue weighted by Gasteiger charge is 2.62. The maximum atomic E-state index is 14.5. The van der Waals surface area contributed by atoms with E-state index in [0.29, 0.717) is 48.6 Å².